The van der Waals surface area contributed by atoms with Crippen LogP contribution in [0.3, 0.4) is 0 Å². The van der Waals surface area contributed by atoms with Crippen molar-refractivity contribution in [2.75, 3.05) is 20.3 Å². The third-order valence-electron chi connectivity index (χ3n) is 4.55. The Morgan fingerprint density at radius 2 is 1.85 bits per heavy atom. The summed E-state index contributed by atoms with van der Waals surface area (Å²) in [6.45, 7) is 5.42. The van der Waals surface area contributed by atoms with Crippen LogP contribution >= 0.6 is 22.6 Å². The second-order valence-electron chi connectivity index (χ2n) is 7.42. The van der Waals surface area contributed by atoms with Crippen LogP contribution in [0.1, 0.15) is 36.7 Å². The summed E-state index contributed by atoms with van der Waals surface area (Å²) in [6.07, 6.45) is 1.45. The number of carbonyl (C=O) groups is 3. The van der Waals surface area contributed by atoms with Crippen molar-refractivity contribution < 1.29 is 28.6 Å². The van der Waals surface area contributed by atoms with E-state index in [2.05, 4.69) is 38.4 Å². The van der Waals surface area contributed by atoms with Gasteiger partial charge in [0.15, 0.2) is 18.1 Å². The molecule has 10 heteroatoms. The van der Waals surface area contributed by atoms with Gasteiger partial charge in [0, 0.05) is 5.56 Å². The summed E-state index contributed by atoms with van der Waals surface area (Å²) in [6, 6.07) is 11.3. The first-order chi connectivity index (χ1) is 16.3. The van der Waals surface area contributed by atoms with Crippen molar-refractivity contribution in [1.82, 2.24) is 10.7 Å². The Bertz CT molecular complexity index is 1030. The van der Waals surface area contributed by atoms with Gasteiger partial charge in [-0.15, -0.1) is 0 Å². The first-order valence-electron chi connectivity index (χ1n) is 10.6. The standard InChI is InChI=1S/C24H28IN3O6/c1-5-33-20(29)14-34-22-18(25)11-16(12-19(22)32-4)13-26-28-24(31)21(15(2)3)27-23(30)17-9-7-6-8-10-17/h6-13,15,21H,5,14H2,1-4H3,(H,27,30)(H,28,31)/b26-13+. The Hall–Kier alpha value is -3.15. The van der Waals surface area contributed by atoms with Crippen LogP contribution in [0.2, 0.25) is 0 Å². The monoisotopic (exact) mass is 581 g/mol. The van der Waals surface area contributed by atoms with Gasteiger partial charge in [-0.25, -0.2) is 10.2 Å². The number of hydrogen-bond donors (Lipinski definition) is 2. The zero-order valence-electron chi connectivity index (χ0n) is 19.5. The molecule has 2 aromatic rings. The highest BCUT2D eigenvalue weighted by Crippen LogP contribution is 2.33. The highest BCUT2D eigenvalue weighted by atomic mass is 127. The van der Waals surface area contributed by atoms with Crippen LogP contribution in [-0.4, -0.2) is 50.4 Å². The highest BCUT2D eigenvalue weighted by molar-refractivity contribution is 14.1. The van der Waals surface area contributed by atoms with Crippen molar-refractivity contribution in [1.29, 1.82) is 0 Å². The molecular weight excluding hydrogens is 553 g/mol. The maximum atomic E-state index is 12.7. The molecule has 1 atom stereocenters. The molecule has 2 N–H and O–H groups in total. The van der Waals surface area contributed by atoms with Gasteiger partial charge in [-0.2, -0.15) is 5.10 Å². The van der Waals surface area contributed by atoms with E-state index in [-0.39, 0.29) is 25.0 Å². The van der Waals surface area contributed by atoms with E-state index < -0.39 is 17.9 Å². The molecular formula is C24H28IN3O6. The number of carbonyl (C=O) groups excluding carboxylic acids is 3. The molecule has 0 radical (unpaired) electrons. The van der Waals surface area contributed by atoms with E-state index in [9.17, 15) is 14.4 Å². The lowest BCUT2D eigenvalue weighted by Gasteiger charge is -2.20. The van der Waals surface area contributed by atoms with E-state index in [4.69, 9.17) is 14.2 Å². The summed E-state index contributed by atoms with van der Waals surface area (Å²) in [5.74, 6) is -0.602. The lowest BCUT2D eigenvalue weighted by Crippen LogP contribution is -2.48. The van der Waals surface area contributed by atoms with Gasteiger partial charge in [0.25, 0.3) is 11.8 Å². The van der Waals surface area contributed by atoms with E-state index >= 15 is 0 Å². The minimum Gasteiger partial charge on any atom is -0.493 e. The highest BCUT2D eigenvalue weighted by Gasteiger charge is 2.24. The van der Waals surface area contributed by atoms with Crippen LogP contribution in [-0.2, 0) is 14.3 Å². The molecule has 2 aromatic carbocycles. The SMILES string of the molecule is CCOC(=O)COc1c(I)cc(/C=N/NC(=O)C(NC(=O)c2ccccc2)C(C)C)cc1OC. The number of ether oxygens (including phenoxy) is 3. The van der Waals surface area contributed by atoms with Crippen molar-refractivity contribution in [2.24, 2.45) is 11.0 Å². The molecule has 0 bridgehead atoms. The second-order valence-corrected chi connectivity index (χ2v) is 8.59. The van der Waals surface area contributed by atoms with Gasteiger partial charge < -0.3 is 19.5 Å². The number of halogens is 1. The third kappa shape index (κ3) is 8.01. The molecule has 0 aliphatic rings. The number of rotatable bonds is 11. The number of hydrogen-bond acceptors (Lipinski definition) is 7. The number of nitrogens with zero attached hydrogens (tertiary/aromatic N) is 1. The van der Waals surface area contributed by atoms with E-state index in [0.29, 0.717) is 26.2 Å². The lowest BCUT2D eigenvalue weighted by molar-refractivity contribution is -0.145. The molecule has 0 saturated heterocycles. The number of esters is 1. The van der Waals surface area contributed by atoms with E-state index in [1.165, 1.54) is 13.3 Å². The van der Waals surface area contributed by atoms with Gasteiger partial charge in [-0.1, -0.05) is 32.0 Å². The number of nitrogens with one attached hydrogen (secondary N) is 2. The molecule has 0 heterocycles. The van der Waals surface area contributed by atoms with Gasteiger partial charge in [0.2, 0.25) is 0 Å². The minimum absolute atomic E-state index is 0.153. The van der Waals surface area contributed by atoms with Crippen molar-refractivity contribution >= 4 is 46.6 Å². The number of methoxy groups -OCH3 is 1. The Morgan fingerprint density at radius 1 is 1.15 bits per heavy atom. The van der Waals surface area contributed by atoms with Crippen LogP contribution in [0, 0.1) is 9.49 Å². The van der Waals surface area contributed by atoms with Gasteiger partial charge >= 0.3 is 5.97 Å². The van der Waals surface area contributed by atoms with Crippen LogP contribution in [0.4, 0.5) is 0 Å². The van der Waals surface area contributed by atoms with Gasteiger partial charge in [0.1, 0.15) is 6.04 Å². The summed E-state index contributed by atoms with van der Waals surface area (Å²) in [5, 5.41) is 6.77. The first kappa shape index (κ1) is 27.1. The summed E-state index contributed by atoms with van der Waals surface area (Å²) < 4.78 is 16.5. The average Bonchev–Trinajstić information content (AvgIpc) is 2.81. The fourth-order valence-corrected chi connectivity index (χ4v) is 3.66. The van der Waals surface area contributed by atoms with Crippen molar-refractivity contribution in [3.05, 3.63) is 57.2 Å². The quantitative estimate of drug-likeness (QED) is 0.183. The first-order valence-corrected chi connectivity index (χ1v) is 11.7. The van der Waals surface area contributed by atoms with E-state index in [1.807, 2.05) is 19.9 Å². The van der Waals surface area contributed by atoms with Gasteiger partial charge in [0.05, 0.1) is 23.5 Å². The third-order valence-corrected chi connectivity index (χ3v) is 5.35. The second kappa shape index (κ2) is 13.5. The predicted octanol–water partition coefficient (Wildman–Crippen LogP) is 3.15. The largest absolute Gasteiger partial charge is 0.493 e. The van der Waals surface area contributed by atoms with Gasteiger partial charge in [-0.05, 0) is 65.3 Å². The fourth-order valence-electron chi connectivity index (χ4n) is 2.88. The summed E-state index contributed by atoms with van der Waals surface area (Å²) in [7, 11) is 1.48. The Morgan fingerprint density at radius 3 is 2.47 bits per heavy atom. The fraction of sp³-hybridized carbons (Fsp3) is 0.333. The van der Waals surface area contributed by atoms with Crippen molar-refractivity contribution in [2.45, 2.75) is 26.8 Å². The van der Waals surface area contributed by atoms with Crippen LogP contribution in [0.15, 0.2) is 47.6 Å². The molecule has 0 saturated carbocycles. The number of benzene rings is 2. The smallest absolute Gasteiger partial charge is 0.344 e. The van der Waals surface area contributed by atoms with Crippen molar-refractivity contribution in [3.63, 3.8) is 0 Å². The lowest BCUT2D eigenvalue weighted by atomic mass is 10.0. The average molecular weight is 581 g/mol. The normalized spacial score (nSPS) is 11.7. The van der Waals surface area contributed by atoms with Crippen LogP contribution in [0.25, 0.3) is 0 Å². The molecule has 0 aliphatic heterocycles. The Labute approximate surface area is 212 Å². The van der Waals surface area contributed by atoms with E-state index in [1.54, 1.807) is 43.3 Å². The molecule has 34 heavy (non-hydrogen) atoms. The topological polar surface area (TPSA) is 115 Å². The number of hydrazone groups is 1. The van der Waals surface area contributed by atoms with Crippen LogP contribution < -0.4 is 20.2 Å². The molecule has 0 spiro atoms. The number of amides is 2. The van der Waals surface area contributed by atoms with Crippen LogP contribution in [0.5, 0.6) is 11.5 Å². The molecule has 0 aliphatic carbocycles. The zero-order chi connectivity index (χ0) is 25.1. The molecule has 0 aromatic heterocycles. The molecule has 9 nitrogen and oxygen atoms in total. The molecule has 1 unspecified atom stereocenters. The van der Waals surface area contributed by atoms with E-state index in [0.717, 1.165) is 0 Å². The summed E-state index contributed by atoms with van der Waals surface area (Å²) >= 11 is 2.05. The Balaban J connectivity index is 2.05. The molecule has 2 rings (SSSR count). The zero-order valence-corrected chi connectivity index (χ0v) is 21.6. The Kier molecular flexibility index (Phi) is 10.8. The minimum atomic E-state index is -0.766. The van der Waals surface area contributed by atoms with Gasteiger partial charge in [-0.3, -0.25) is 9.59 Å². The summed E-state index contributed by atoms with van der Waals surface area (Å²) in [5.41, 5.74) is 3.58. The molecule has 0 fully saturated rings. The summed E-state index contributed by atoms with van der Waals surface area (Å²) in [4.78, 5) is 36.7. The maximum Gasteiger partial charge on any atom is 0.344 e. The molecule has 2 amide bonds. The predicted molar refractivity (Wildman–Crippen MR) is 136 cm³/mol. The maximum absolute atomic E-state index is 12.7. The molecule has 182 valence electrons. The van der Waals surface area contributed by atoms with Crippen molar-refractivity contribution in [3.8, 4) is 11.5 Å².